The van der Waals surface area contributed by atoms with Crippen LogP contribution in [0.3, 0.4) is 0 Å². The van der Waals surface area contributed by atoms with Crippen molar-refractivity contribution in [2.45, 2.75) is 0 Å². The van der Waals surface area contributed by atoms with Crippen molar-refractivity contribution >= 4 is 0 Å². The fraction of sp³-hybridized carbons (Fsp3) is 0. The van der Waals surface area contributed by atoms with Crippen LogP contribution < -0.4 is 0 Å². The van der Waals surface area contributed by atoms with Gasteiger partial charge in [0, 0.05) is 32.7 Å². The summed E-state index contributed by atoms with van der Waals surface area (Å²) in [6.45, 7) is 9.44. The summed E-state index contributed by atoms with van der Waals surface area (Å²) in [6.07, 6.45) is 2.56. The Labute approximate surface area is 57.8 Å². The minimum absolute atomic E-state index is 0. The zero-order chi connectivity index (χ0) is 3.41. The van der Waals surface area contributed by atoms with Crippen LogP contribution in [0.25, 0.3) is 0 Å². The van der Waals surface area contributed by atoms with Gasteiger partial charge in [0.05, 0.1) is 0 Å². The Morgan fingerprint density at radius 1 is 1.00 bits per heavy atom. The molecule has 0 rings (SSSR count). The van der Waals surface area contributed by atoms with Gasteiger partial charge >= 0.3 is 0 Å². The molecule has 1 radical (unpaired) electrons. The number of rotatable bonds is 1. The summed E-state index contributed by atoms with van der Waals surface area (Å²) < 4.78 is 0. The van der Waals surface area contributed by atoms with Crippen molar-refractivity contribution in [3.8, 4) is 0 Å². The molecule has 0 unspecified atom stereocenters. The first-order valence-corrected chi connectivity index (χ1v) is 1.00. The second-order valence-corrected chi connectivity index (χ2v) is 0.385. The monoisotopic (exact) mass is 141 g/mol. The Morgan fingerprint density at radius 2 is 1.20 bits per heavy atom. The van der Waals surface area contributed by atoms with Crippen LogP contribution in [0, 0.1) is 13.2 Å². The van der Waals surface area contributed by atoms with Crippen LogP contribution >= 0.6 is 0 Å². The Balaban J connectivity index is 0. The summed E-state index contributed by atoms with van der Waals surface area (Å²) in [5, 5.41) is 0. The van der Waals surface area contributed by atoms with E-state index in [0.717, 1.165) is 0 Å². The topological polar surface area (TPSA) is 0 Å². The van der Waals surface area contributed by atoms with Crippen LogP contribution in [0.4, 0.5) is 0 Å². The standard InChI is InChI=1S/C4H4.Y/c1-3-4-2;/h1-4H;/q-2;. The molecule has 0 fully saturated rings. The summed E-state index contributed by atoms with van der Waals surface area (Å²) >= 11 is 0. The molecule has 0 heterocycles. The number of hydrogen-bond acceptors (Lipinski definition) is 0. The van der Waals surface area contributed by atoms with E-state index in [1.54, 1.807) is 0 Å². The largest absolute Gasteiger partial charge is 0.394 e. The van der Waals surface area contributed by atoms with Crippen LogP contribution in [-0.2, 0) is 32.7 Å². The fourth-order valence-electron chi connectivity index (χ4n) is 0. The van der Waals surface area contributed by atoms with Crippen LogP contribution in [0.15, 0.2) is 12.2 Å². The van der Waals surface area contributed by atoms with E-state index in [0.29, 0.717) is 0 Å². The van der Waals surface area contributed by atoms with Gasteiger partial charge in [-0.15, -0.1) is 0 Å². The molecule has 0 saturated heterocycles. The molecule has 0 amide bonds. The van der Waals surface area contributed by atoms with Crippen LogP contribution in [0.5, 0.6) is 0 Å². The van der Waals surface area contributed by atoms with Crippen LogP contribution in [0.2, 0.25) is 0 Å². The molecule has 0 bridgehead atoms. The zero-order valence-corrected chi connectivity index (χ0v) is 5.73. The maximum Gasteiger partial charge on any atom is 0 e. The van der Waals surface area contributed by atoms with Gasteiger partial charge in [-0.3, -0.25) is 0 Å². The molecule has 0 aromatic heterocycles. The number of allylic oxidation sites excluding steroid dienone is 2. The van der Waals surface area contributed by atoms with E-state index in [2.05, 4.69) is 0 Å². The third kappa shape index (κ3) is 12.2. The molecular formula is C4H4Y-2. The molecule has 0 aromatic carbocycles. The van der Waals surface area contributed by atoms with E-state index in [-0.39, 0.29) is 32.7 Å². The summed E-state index contributed by atoms with van der Waals surface area (Å²) in [4.78, 5) is 0. The third-order valence-electron chi connectivity index (χ3n) is 0.111. The molecule has 0 N–H and O–H groups in total. The van der Waals surface area contributed by atoms with Crippen LogP contribution in [0.1, 0.15) is 0 Å². The Hall–Kier alpha value is 0.584. The van der Waals surface area contributed by atoms with E-state index in [4.69, 9.17) is 13.2 Å². The molecule has 1 heteroatoms. The van der Waals surface area contributed by atoms with Gasteiger partial charge in [-0.25, -0.2) is 0 Å². The van der Waals surface area contributed by atoms with Gasteiger partial charge in [-0.05, 0) is 0 Å². The Kier molecular flexibility index (Phi) is 16.1. The second-order valence-electron chi connectivity index (χ2n) is 0.385. The van der Waals surface area contributed by atoms with Crippen LogP contribution in [-0.4, -0.2) is 0 Å². The quantitative estimate of drug-likeness (QED) is 0.377. The third-order valence-corrected chi connectivity index (χ3v) is 0.111. The van der Waals surface area contributed by atoms with Gasteiger partial charge in [-0.2, -0.15) is 0 Å². The van der Waals surface area contributed by atoms with E-state index in [1.165, 1.54) is 12.2 Å². The SMILES string of the molecule is [CH-]=CC=[CH-].[Y]. The van der Waals surface area contributed by atoms with Crippen molar-refractivity contribution in [2.75, 3.05) is 0 Å². The van der Waals surface area contributed by atoms with Crippen molar-refractivity contribution in [3.05, 3.63) is 25.3 Å². The first-order chi connectivity index (χ1) is 1.91. The summed E-state index contributed by atoms with van der Waals surface area (Å²) in [5.74, 6) is 0. The minimum atomic E-state index is 0. The van der Waals surface area contributed by atoms with Gasteiger partial charge in [-0.1, -0.05) is 0 Å². The normalized spacial score (nSPS) is 4.00. The predicted octanol–water partition coefficient (Wildman–Crippen LogP) is 0.962. The molecule has 0 atom stereocenters. The summed E-state index contributed by atoms with van der Waals surface area (Å²) in [6, 6.07) is 0. The molecule has 25 valence electrons. The summed E-state index contributed by atoms with van der Waals surface area (Å²) in [7, 11) is 0. The number of hydrogen-bond donors (Lipinski definition) is 0. The Morgan fingerprint density at radius 3 is 1.20 bits per heavy atom. The van der Waals surface area contributed by atoms with Gasteiger partial charge in [0.1, 0.15) is 0 Å². The molecule has 0 aliphatic rings. The van der Waals surface area contributed by atoms with Gasteiger partial charge in [0.15, 0.2) is 0 Å². The van der Waals surface area contributed by atoms with Gasteiger partial charge in [0.2, 0.25) is 0 Å². The van der Waals surface area contributed by atoms with E-state index >= 15 is 0 Å². The van der Waals surface area contributed by atoms with E-state index < -0.39 is 0 Å². The first-order valence-electron chi connectivity index (χ1n) is 1.00. The van der Waals surface area contributed by atoms with Crippen molar-refractivity contribution in [1.82, 2.24) is 0 Å². The van der Waals surface area contributed by atoms with Gasteiger partial charge < -0.3 is 25.3 Å². The van der Waals surface area contributed by atoms with Crippen molar-refractivity contribution in [2.24, 2.45) is 0 Å². The van der Waals surface area contributed by atoms with Crippen molar-refractivity contribution < 1.29 is 32.7 Å². The van der Waals surface area contributed by atoms with E-state index in [1.807, 2.05) is 0 Å². The maximum absolute atomic E-state index is 4.72. The van der Waals surface area contributed by atoms with Crippen molar-refractivity contribution in [1.29, 1.82) is 0 Å². The smallest absolute Gasteiger partial charge is 0 e. The van der Waals surface area contributed by atoms with Gasteiger partial charge in [0.25, 0.3) is 0 Å². The molecule has 0 spiro atoms. The molecule has 0 saturated carbocycles. The molecular weight excluding hydrogens is 137 g/mol. The molecule has 0 aliphatic carbocycles. The molecule has 5 heavy (non-hydrogen) atoms. The average Bonchev–Trinajstić information content (AvgIpc) is 1.37. The maximum atomic E-state index is 4.72. The first kappa shape index (κ1) is 9.13. The average molecular weight is 141 g/mol. The zero-order valence-electron chi connectivity index (χ0n) is 2.89. The van der Waals surface area contributed by atoms with E-state index in [9.17, 15) is 0 Å². The predicted molar refractivity (Wildman–Crippen MR) is 17.7 cm³/mol. The molecule has 0 aliphatic heterocycles. The summed E-state index contributed by atoms with van der Waals surface area (Å²) in [5.41, 5.74) is 0. The fourth-order valence-corrected chi connectivity index (χ4v) is 0. The Bertz CT molecular complexity index is 24.6. The molecule has 0 aromatic rings. The molecule has 0 nitrogen and oxygen atoms in total. The second kappa shape index (κ2) is 8.82. The minimum Gasteiger partial charge on any atom is -0.394 e. The van der Waals surface area contributed by atoms with Crippen molar-refractivity contribution in [3.63, 3.8) is 0 Å².